The van der Waals surface area contributed by atoms with Crippen LogP contribution in [0.2, 0.25) is 0 Å². The van der Waals surface area contributed by atoms with Gasteiger partial charge in [-0.25, -0.2) is 4.79 Å². The summed E-state index contributed by atoms with van der Waals surface area (Å²) in [5.74, 6) is 0.0340. The lowest BCUT2D eigenvalue weighted by atomic mass is 9.97. The molecular weight excluding hydrogens is 420 g/mol. The first-order valence-electron chi connectivity index (χ1n) is 11.8. The van der Waals surface area contributed by atoms with Gasteiger partial charge >= 0.3 is 6.09 Å². The van der Waals surface area contributed by atoms with Crippen LogP contribution in [0, 0.1) is 12.8 Å². The summed E-state index contributed by atoms with van der Waals surface area (Å²) in [5.41, 5.74) is 2.51. The van der Waals surface area contributed by atoms with Crippen LogP contribution in [-0.2, 0) is 14.3 Å². The normalized spacial score (nSPS) is 16.9. The van der Waals surface area contributed by atoms with E-state index in [9.17, 15) is 14.4 Å². The summed E-state index contributed by atoms with van der Waals surface area (Å²) in [5, 5.41) is 8.60. The maximum absolute atomic E-state index is 12.8. The molecule has 3 amide bonds. The third kappa shape index (κ3) is 9.04. The Morgan fingerprint density at radius 3 is 2.52 bits per heavy atom. The van der Waals surface area contributed by atoms with E-state index < -0.39 is 11.7 Å². The minimum absolute atomic E-state index is 0.0490. The van der Waals surface area contributed by atoms with Crippen LogP contribution in [-0.4, -0.2) is 61.1 Å². The van der Waals surface area contributed by atoms with Gasteiger partial charge in [-0.1, -0.05) is 32.0 Å². The molecule has 1 aromatic rings. The van der Waals surface area contributed by atoms with E-state index >= 15 is 0 Å². The Kier molecular flexibility index (Phi) is 9.70. The molecule has 1 aromatic carbocycles. The molecule has 8 nitrogen and oxygen atoms in total. The number of aryl methyl sites for hydroxylation is 1. The van der Waals surface area contributed by atoms with E-state index in [1.807, 2.05) is 30.0 Å². The molecule has 1 heterocycles. The number of benzene rings is 1. The number of nitrogens with zero attached hydrogens (tertiary/aromatic N) is 1. The monoisotopic (exact) mass is 460 g/mol. The topological polar surface area (TPSA) is 99.8 Å². The van der Waals surface area contributed by atoms with Crippen LogP contribution in [0.15, 0.2) is 18.2 Å². The number of amides is 3. The molecule has 184 valence electrons. The molecular formula is C25H40N4O4. The molecule has 0 aromatic heterocycles. The lowest BCUT2D eigenvalue weighted by molar-refractivity contribution is -0.127. The third-order valence-corrected chi connectivity index (χ3v) is 5.53. The number of ether oxygens (including phenoxy) is 1. The number of carbonyl (C=O) groups is 3. The fourth-order valence-electron chi connectivity index (χ4n) is 3.95. The third-order valence-electron chi connectivity index (χ3n) is 5.53. The summed E-state index contributed by atoms with van der Waals surface area (Å²) in [4.78, 5) is 39.0. The summed E-state index contributed by atoms with van der Waals surface area (Å²) in [6.45, 7) is 13.9. The molecule has 33 heavy (non-hydrogen) atoms. The van der Waals surface area contributed by atoms with E-state index in [4.69, 9.17) is 4.74 Å². The van der Waals surface area contributed by atoms with Gasteiger partial charge in [-0.2, -0.15) is 0 Å². The molecule has 1 fully saturated rings. The molecule has 0 aliphatic carbocycles. The van der Waals surface area contributed by atoms with E-state index in [0.717, 1.165) is 36.2 Å². The van der Waals surface area contributed by atoms with Crippen molar-refractivity contribution in [2.75, 3.05) is 38.0 Å². The molecule has 1 atom stereocenters. The summed E-state index contributed by atoms with van der Waals surface area (Å²) >= 11 is 0. The number of alkyl carbamates (subject to hydrolysis) is 1. The number of hydrogen-bond acceptors (Lipinski definition) is 5. The van der Waals surface area contributed by atoms with Gasteiger partial charge in [0.15, 0.2) is 0 Å². The van der Waals surface area contributed by atoms with Gasteiger partial charge in [-0.15, -0.1) is 0 Å². The predicted octanol–water partition coefficient (Wildman–Crippen LogP) is 3.41. The smallest absolute Gasteiger partial charge is 0.407 e. The Bertz CT molecular complexity index is 832. The number of nitrogens with one attached hydrogen (secondary N) is 3. The van der Waals surface area contributed by atoms with Gasteiger partial charge in [-0.05, 0) is 64.1 Å². The second kappa shape index (κ2) is 12.0. The van der Waals surface area contributed by atoms with E-state index in [2.05, 4.69) is 29.8 Å². The predicted molar refractivity (Wildman–Crippen MR) is 130 cm³/mol. The summed E-state index contributed by atoms with van der Waals surface area (Å²) in [6.07, 6.45) is 1.16. The number of hydrogen-bond donors (Lipinski definition) is 3. The van der Waals surface area contributed by atoms with Crippen molar-refractivity contribution in [2.24, 2.45) is 5.92 Å². The highest BCUT2D eigenvalue weighted by atomic mass is 16.6. The van der Waals surface area contributed by atoms with Gasteiger partial charge < -0.3 is 20.7 Å². The number of piperidine rings is 1. The highest BCUT2D eigenvalue weighted by Gasteiger charge is 2.27. The lowest BCUT2D eigenvalue weighted by Gasteiger charge is -2.31. The van der Waals surface area contributed by atoms with Crippen molar-refractivity contribution >= 4 is 23.6 Å². The summed E-state index contributed by atoms with van der Waals surface area (Å²) in [7, 11) is 0. The van der Waals surface area contributed by atoms with Crippen molar-refractivity contribution < 1.29 is 19.1 Å². The Hall–Kier alpha value is -2.61. The van der Waals surface area contributed by atoms with Crippen LogP contribution in [0.5, 0.6) is 0 Å². The highest BCUT2D eigenvalue weighted by Crippen LogP contribution is 2.27. The number of rotatable bonds is 8. The molecule has 0 bridgehead atoms. The molecule has 1 unspecified atom stereocenters. The Morgan fingerprint density at radius 1 is 1.15 bits per heavy atom. The molecule has 1 aliphatic heterocycles. The summed E-state index contributed by atoms with van der Waals surface area (Å²) < 4.78 is 5.18. The van der Waals surface area contributed by atoms with Crippen LogP contribution >= 0.6 is 0 Å². The first-order chi connectivity index (χ1) is 15.5. The van der Waals surface area contributed by atoms with E-state index in [-0.39, 0.29) is 24.3 Å². The fraction of sp³-hybridized carbons (Fsp3) is 0.640. The standard InChI is InChI=1S/C25H40N4O4/c1-17(2)20-11-7-9-18(3)22(20)28-21(30)16-29-14-8-10-19(15-29)23(31)26-12-13-27-24(32)33-25(4,5)6/h7,9,11,17,19H,8,10,12-16H2,1-6H3,(H,26,31)(H,27,32)(H,28,30). The maximum atomic E-state index is 12.8. The number of likely N-dealkylation sites (tertiary alicyclic amines) is 1. The average Bonchev–Trinajstić information content (AvgIpc) is 2.71. The molecule has 0 saturated carbocycles. The van der Waals surface area contributed by atoms with Crippen LogP contribution in [0.1, 0.15) is 64.5 Å². The van der Waals surface area contributed by atoms with Crippen molar-refractivity contribution in [2.45, 2.75) is 65.9 Å². The first kappa shape index (κ1) is 26.6. The minimum atomic E-state index is -0.555. The molecule has 0 spiro atoms. The Morgan fingerprint density at radius 2 is 1.85 bits per heavy atom. The van der Waals surface area contributed by atoms with Gasteiger partial charge in [0, 0.05) is 25.3 Å². The van der Waals surface area contributed by atoms with Crippen LogP contribution in [0.25, 0.3) is 0 Å². The number of carbonyl (C=O) groups excluding carboxylic acids is 3. The molecule has 1 aliphatic rings. The zero-order valence-corrected chi connectivity index (χ0v) is 20.9. The van der Waals surface area contributed by atoms with Gasteiger partial charge in [0.1, 0.15) is 5.60 Å². The van der Waals surface area contributed by atoms with Crippen molar-refractivity contribution in [1.82, 2.24) is 15.5 Å². The molecule has 8 heteroatoms. The SMILES string of the molecule is Cc1cccc(C(C)C)c1NC(=O)CN1CCCC(C(=O)NCCNC(=O)OC(C)(C)C)C1. The van der Waals surface area contributed by atoms with Gasteiger partial charge in [0.2, 0.25) is 11.8 Å². The van der Waals surface area contributed by atoms with E-state index in [0.29, 0.717) is 25.6 Å². The van der Waals surface area contributed by atoms with Crippen molar-refractivity contribution in [3.63, 3.8) is 0 Å². The molecule has 3 N–H and O–H groups in total. The second-order valence-corrected chi connectivity index (χ2v) is 10.0. The van der Waals surface area contributed by atoms with Gasteiger partial charge in [0.25, 0.3) is 0 Å². The number of anilines is 1. The molecule has 0 radical (unpaired) electrons. The second-order valence-electron chi connectivity index (χ2n) is 10.0. The zero-order chi connectivity index (χ0) is 24.6. The van der Waals surface area contributed by atoms with Gasteiger partial charge in [0.05, 0.1) is 12.5 Å². The van der Waals surface area contributed by atoms with Crippen LogP contribution in [0.4, 0.5) is 10.5 Å². The van der Waals surface area contributed by atoms with Crippen molar-refractivity contribution in [1.29, 1.82) is 0 Å². The Labute approximate surface area is 197 Å². The highest BCUT2D eigenvalue weighted by molar-refractivity contribution is 5.94. The van der Waals surface area contributed by atoms with E-state index in [1.54, 1.807) is 20.8 Å². The first-order valence-corrected chi connectivity index (χ1v) is 11.8. The van der Waals surface area contributed by atoms with Crippen LogP contribution in [0.3, 0.4) is 0 Å². The quantitative estimate of drug-likeness (QED) is 0.516. The lowest BCUT2D eigenvalue weighted by Crippen LogP contribution is -2.46. The summed E-state index contributed by atoms with van der Waals surface area (Å²) in [6, 6.07) is 6.06. The van der Waals surface area contributed by atoms with E-state index in [1.165, 1.54) is 0 Å². The average molecular weight is 461 g/mol. The van der Waals surface area contributed by atoms with Crippen molar-refractivity contribution in [3.8, 4) is 0 Å². The van der Waals surface area contributed by atoms with Crippen molar-refractivity contribution in [3.05, 3.63) is 29.3 Å². The van der Waals surface area contributed by atoms with Gasteiger partial charge in [-0.3, -0.25) is 14.5 Å². The zero-order valence-electron chi connectivity index (χ0n) is 20.9. The number of para-hydroxylation sites is 1. The largest absolute Gasteiger partial charge is 0.444 e. The molecule has 2 rings (SSSR count). The fourth-order valence-corrected chi connectivity index (χ4v) is 3.95. The minimum Gasteiger partial charge on any atom is -0.444 e. The Balaban J connectivity index is 1.79. The van der Waals surface area contributed by atoms with Crippen LogP contribution < -0.4 is 16.0 Å². The maximum Gasteiger partial charge on any atom is 0.407 e. The molecule has 1 saturated heterocycles.